The number of nitriles is 1. The molecule has 88 valence electrons. The van der Waals surface area contributed by atoms with Crippen molar-refractivity contribution < 1.29 is 17.9 Å². The van der Waals surface area contributed by atoms with Crippen molar-refractivity contribution in [1.29, 1.82) is 5.26 Å². The van der Waals surface area contributed by atoms with Crippen LogP contribution in [0, 0.1) is 17.2 Å². The van der Waals surface area contributed by atoms with Crippen LogP contribution in [0.3, 0.4) is 0 Å². The molecule has 15 heavy (non-hydrogen) atoms. The van der Waals surface area contributed by atoms with Crippen molar-refractivity contribution in [2.75, 3.05) is 33.9 Å². The first-order valence-electron chi connectivity index (χ1n) is 4.55. The number of rotatable bonds is 6. The minimum absolute atomic E-state index is 0.288. The van der Waals surface area contributed by atoms with E-state index in [4.69, 9.17) is 10.00 Å². The van der Waals surface area contributed by atoms with E-state index in [-0.39, 0.29) is 6.54 Å². The number of hydrogen-bond acceptors (Lipinski definition) is 3. The fourth-order valence-electron chi connectivity index (χ4n) is 1.10. The molecule has 0 N–H and O–H groups in total. The van der Waals surface area contributed by atoms with Crippen molar-refractivity contribution in [1.82, 2.24) is 4.90 Å². The number of nitrogens with zero attached hydrogens (tertiary/aromatic N) is 2. The van der Waals surface area contributed by atoms with Gasteiger partial charge < -0.3 is 9.64 Å². The van der Waals surface area contributed by atoms with Gasteiger partial charge in [-0.2, -0.15) is 18.4 Å². The number of halogens is 3. The highest BCUT2D eigenvalue weighted by molar-refractivity contribution is 4.90. The van der Waals surface area contributed by atoms with Gasteiger partial charge in [0, 0.05) is 26.8 Å². The van der Waals surface area contributed by atoms with Gasteiger partial charge in [-0.25, -0.2) is 0 Å². The monoisotopic (exact) mass is 224 g/mol. The van der Waals surface area contributed by atoms with Gasteiger partial charge in [0.2, 0.25) is 0 Å². The Bertz CT molecular complexity index is 212. The van der Waals surface area contributed by atoms with E-state index in [0.717, 1.165) is 0 Å². The fraction of sp³-hybridized carbons (Fsp3) is 0.889. The lowest BCUT2D eigenvalue weighted by Crippen LogP contribution is -2.34. The average molecular weight is 224 g/mol. The summed E-state index contributed by atoms with van der Waals surface area (Å²) in [4.78, 5) is 1.49. The molecule has 0 aromatic heterocycles. The van der Waals surface area contributed by atoms with Gasteiger partial charge in [-0.3, -0.25) is 0 Å². The van der Waals surface area contributed by atoms with Crippen molar-refractivity contribution in [2.45, 2.75) is 12.6 Å². The summed E-state index contributed by atoms with van der Waals surface area (Å²) >= 11 is 0. The van der Waals surface area contributed by atoms with Crippen LogP contribution >= 0.6 is 0 Å². The van der Waals surface area contributed by atoms with Crippen molar-refractivity contribution in [3.05, 3.63) is 0 Å². The highest BCUT2D eigenvalue weighted by Gasteiger charge is 2.40. The summed E-state index contributed by atoms with van der Waals surface area (Å²) in [5, 5.41) is 8.36. The summed E-state index contributed by atoms with van der Waals surface area (Å²) in [5.74, 6) is -1.91. The first-order valence-corrected chi connectivity index (χ1v) is 4.55. The van der Waals surface area contributed by atoms with Crippen LogP contribution in [-0.4, -0.2) is 44.9 Å². The SMILES string of the molecule is COCCCN(C)CC(C#N)C(F)(F)F. The molecule has 0 aromatic rings. The molecule has 0 saturated heterocycles. The van der Waals surface area contributed by atoms with Gasteiger partial charge in [0.15, 0.2) is 5.92 Å². The number of ether oxygens (including phenoxy) is 1. The van der Waals surface area contributed by atoms with Crippen LogP contribution in [0.5, 0.6) is 0 Å². The Hall–Kier alpha value is -0.800. The van der Waals surface area contributed by atoms with E-state index in [9.17, 15) is 13.2 Å². The van der Waals surface area contributed by atoms with Gasteiger partial charge in [0.05, 0.1) is 6.07 Å². The second-order valence-electron chi connectivity index (χ2n) is 3.33. The molecule has 0 rings (SSSR count). The van der Waals surface area contributed by atoms with Gasteiger partial charge in [0.1, 0.15) is 0 Å². The zero-order valence-electron chi connectivity index (χ0n) is 8.84. The Kier molecular flexibility index (Phi) is 6.29. The molecule has 0 fully saturated rings. The minimum Gasteiger partial charge on any atom is -0.385 e. The maximum absolute atomic E-state index is 12.2. The van der Waals surface area contributed by atoms with Gasteiger partial charge in [-0.15, -0.1) is 0 Å². The fourth-order valence-corrected chi connectivity index (χ4v) is 1.10. The second kappa shape index (κ2) is 6.64. The largest absolute Gasteiger partial charge is 0.405 e. The summed E-state index contributed by atoms with van der Waals surface area (Å²) < 4.78 is 41.4. The van der Waals surface area contributed by atoms with Gasteiger partial charge in [-0.05, 0) is 13.5 Å². The smallest absolute Gasteiger partial charge is 0.385 e. The Morgan fingerprint density at radius 2 is 2.07 bits per heavy atom. The summed E-state index contributed by atoms with van der Waals surface area (Å²) in [6.45, 7) is 0.708. The van der Waals surface area contributed by atoms with Gasteiger partial charge in [-0.1, -0.05) is 0 Å². The molecule has 1 atom stereocenters. The minimum atomic E-state index is -4.44. The molecule has 0 radical (unpaired) electrons. The van der Waals surface area contributed by atoms with Crippen molar-refractivity contribution in [3.8, 4) is 6.07 Å². The molecule has 0 aromatic carbocycles. The van der Waals surface area contributed by atoms with Crippen LogP contribution in [0.15, 0.2) is 0 Å². The first-order chi connectivity index (χ1) is 6.91. The van der Waals surface area contributed by atoms with E-state index < -0.39 is 12.1 Å². The molecule has 0 amide bonds. The zero-order chi connectivity index (χ0) is 11.9. The predicted octanol–water partition coefficient (Wildman–Crippen LogP) is 1.66. The number of methoxy groups -OCH3 is 1. The first kappa shape index (κ1) is 14.2. The van der Waals surface area contributed by atoms with Gasteiger partial charge >= 0.3 is 6.18 Å². The lowest BCUT2D eigenvalue weighted by Gasteiger charge is -2.21. The molecule has 3 nitrogen and oxygen atoms in total. The molecule has 1 unspecified atom stereocenters. The molecular weight excluding hydrogens is 209 g/mol. The molecule has 0 aliphatic rings. The molecule has 0 saturated carbocycles. The van der Waals surface area contributed by atoms with Crippen LogP contribution < -0.4 is 0 Å². The third-order valence-electron chi connectivity index (χ3n) is 1.93. The Morgan fingerprint density at radius 1 is 1.47 bits per heavy atom. The highest BCUT2D eigenvalue weighted by Crippen LogP contribution is 2.25. The third kappa shape index (κ3) is 6.31. The molecule has 0 spiro atoms. The van der Waals surface area contributed by atoms with E-state index in [0.29, 0.717) is 19.6 Å². The lowest BCUT2D eigenvalue weighted by atomic mass is 10.1. The quantitative estimate of drug-likeness (QED) is 0.644. The number of alkyl halides is 3. The van der Waals surface area contributed by atoms with E-state index in [1.807, 2.05) is 0 Å². The molecule has 0 bridgehead atoms. The lowest BCUT2D eigenvalue weighted by molar-refractivity contribution is -0.162. The van der Waals surface area contributed by atoms with Crippen LogP contribution in [-0.2, 0) is 4.74 Å². The zero-order valence-corrected chi connectivity index (χ0v) is 8.84. The van der Waals surface area contributed by atoms with E-state index in [1.54, 1.807) is 7.05 Å². The number of hydrogen-bond donors (Lipinski definition) is 0. The molecular formula is C9H15F3N2O. The van der Waals surface area contributed by atoms with Crippen molar-refractivity contribution in [2.24, 2.45) is 5.92 Å². The third-order valence-corrected chi connectivity index (χ3v) is 1.93. The molecule has 0 aliphatic heterocycles. The maximum Gasteiger partial charge on any atom is 0.405 e. The maximum atomic E-state index is 12.2. The second-order valence-corrected chi connectivity index (χ2v) is 3.33. The summed E-state index contributed by atoms with van der Waals surface area (Å²) in [6, 6.07) is 1.27. The van der Waals surface area contributed by atoms with Crippen LogP contribution in [0.1, 0.15) is 6.42 Å². The molecule has 0 heterocycles. The topological polar surface area (TPSA) is 36.3 Å². The van der Waals surface area contributed by atoms with E-state index in [2.05, 4.69) is 0 Å². The Balaban J connectivity index is 3.93. The predicted molar refractivity (Wildman–Crippen MR) is 49.1 cm³/mol. The van der Waals surface area contributed by atoms with Crippen molar-refractivity contribution in [3.63, 3.8) is 0 Å². The molecule has 0 aliphatic carbocycles. The summed E-state index contributed by atoms with van der Waals surface area (Å²) in [6.07, 6.45) is -3.78. The summed E-state index contributed by atoms with van der Waals surface area (Å²) in [5.41, 5.74) is 0. The molecule has 6 heteroatoms. The van der Waals surface area contributed by atoms with Crippen LogP contribution in [0.25, 0.3) is 0 Å². The van der Waals surface area contributed by atoms with E-state index in [1.165, 1.54) is 18.1 Å². The summed E-state index contributed by atoms with van der Waals surface area (Å²) in [7, 11) is 3.10. The average Bonchev–Trinajstić information content (AvgIpc) is 2.12. The van der Waals surface area contributed by atoms with Crippen LogP contribution in [0.4, 0.5) is 13.2 Å². The van der Waals surface area contributed by atoms with Crippen molar-refractivity contribution >= 4 is 0 Å². The van der Waals surface area contributed by atoms with E-state index >= 15 is 0 Å². The normalized spacial score (nSPS) is 13.9. The Labute approximate surface area is 87.4 Å². The highest BCUT2D eigenvalue weighted by atomic mass is 19.4. The Morgan fingerprint density at radius 3 is 2.47 bits per heavy atom. The standard InChI is InChI=1S/C9H15F3N2O/c1-14(4-3-5-15-2)7-8(6-13)9(10,11)12/h8H,3-5,7H2,1-2H3. The van der Waals surface area contributed by atoms with Crippen LogP contribution in [0.2, 0.25) is 0 Å². The van der Waals surface area contributed by atoms with Gasteiger partial charge in [0.25, 0.3) is 0 Å².